The van der Waals surface area contributed by atoms with Crippen molar-refractivity contribution in [3.05, 3.63) is 24.3 Å². The van der Waals surface area contributed by atoms with Crippen LogP contribution >= 0.6 is 0 Å². The predicted molar refractivity (Wildman–Crippen MR) is 95.8 cm³/mol. The molecule has 25 heavy (non-hydrogen) atoms. The van der Waals surface area contributed by atoms with E-state index < -0.39 is 10.0 Å². The number of carbonyl (C=O) groups excluding carboxylic acids is 1. The molecule has 2 fully saturated rings. The predicted octanol–water partition coefficient (Wildman–Crippen LogP) is 2.62. The average molecular weight is 366 g/mol. The fraction of sp³-hybridized carbons (Fsp3) is 0.611. The summed E-state index contributed by atoms with van der Waals surface area (Å²) in [5, 5.41) is 2.83. The highest BCUT2D eigenvalue weighted by Crippen LogP contribution is 2.28. The SMILES string of the molecule is O=C(CCC1CCCC1)Nc1cccc(S(=O)(=O)N2CCOCC2)c1. The molecule has 7 heteroatoms. The second kappa shape index (κ2) is 8.29. The molecule has 3 rings (SSSR count). The lowest BCUT2D eigenvalue weighted by Gasteiger charge is -2.26. The van der Waals surface area contributed by atoms with Gasteiger partial charge in [0.15, 0.2) is 0 Å². The van der Waals surface area contributed by atoms with E-state index in [2.05, 4.69) is 5.32 Å². The van der Waals surface area contributed by atoms with E-state index in [0.29, 0.717) is 44.3 Å². The number of nitrogens with zero attached hydrogens (tertiary/aromatic N) is 1. The maximum Gasteiger partial charge on any atom is 0.243 e. The summed E-state index contributed by atoms with van der Waals surface area (Å²) in [5.74, 6) is 0.617. The Labute approximate surface area is 149 Å². The topological polar surface area (TPSA) is 75.7 Å². The molecule has 2 aliphatic rings. The number of amides is 1. The Morgan fingerprint density at radius 1 is 1.20 bits per heavy atom. The Hall–Kier alpha value is -1.44. The third kappa shape index (κ3) is 4.80. The monoisotopic (exact) mass is 366 g/mol. The first-order chi connectivity index (χ1) is 12.1. The van der Waals surface area contributed by atoms with Crippen LogP contribution in [0.4, 0.5) is 5.69 Å². The quantitative estimate of drug-likeness (QED) is 0.840. The van der Waals surface area contributed by atoms with Crippen molar-refractivity contribution in [2.45, 2.75) is 43.4 Å². The minimum atomic E-state index is -3.54. The maximum absolute atomic E-state index is 12.7. The van der Waals surface area contributed by atoms with Crippen LogP contribution in [0.2, 0.25) is 0 Å². The fourth-order valence-corrected chi connectivity index (χ4v) is 4.98. The van der Waals surface area contributed by atoms with Gasteiger partial charge in [-0.2, -0.15) is 4.31 Å². The second-order valence-corrected chi connectivity index (χ2v) is 8.72. The molecular formula is C18H26N2O4S. The Morgan fingerprint density at radius 3 is 2.64 bits per heavy atom. The van der Waals surface area contributed by atoms with Gasteiger partial charge in [0.1, 0.15) is 0 Å². The Bertz CT molecular complexity index is 693. The Morgan fingerprint density at radius 2 is 1.92 bits per heavy atom. The summed E-state index contributed by atoms with van der Waals surface area (Å²) in [6, 6.07) is 6.50. The summed E-state index contributed by atoms with van der Waals surface area (Å²) < 4.78 is 32.0. The number of rotatable bonds is 6. The molecule has 0 aromatic heterocycles. The first-order valence-electron chi connectivity index (χ1n) is 9.03. The summed E-state index contributed by atoms with van der Waals surface area (Å²) in [7, 11) is -3.54. The van der Waals surface area contributed by atoms with Gasteiger partial charge in [-0.25, -0.2) is 8.42 Å². The number of benzene rings is 1. The Balaban J connectivity index is 1.61. The van der Waals surface area contributed by atoms with Crippen molar-refractivity contribution >= 4 is 21.6 Å². The highest BCUT2D eigenvalue weighted by atomic mass is 32.2. The first kappa shape index (κ1) is 18.4. The summed E-state index contributed by atoms with van der Waals surface area (Å²) in [5.41, 5.74) is 0.533. The number of hydrogen-bond acceptors (Lipinski definition) is 4. The zero-order valence-corrected chi connectivity index (χ0v) is 15.3. The second-order valence-electron chi connectivity index (χ2n) is 6.78. The minimum absolute atomic E-state index is 0.0483. The van der Waals surface area contributed by atoms with Crippen molar-refractivity contribution in [2.24, 2.45) is 5.92 Å². The summed E-state index contributed by atoms with van der Waals surface area (Å²) >= 11 is 0. The summed E-state index contributed by atoms with van der Waals surface area (Å²) in [6.45, 7) is 1.55. The van der Waals surface area contributed by atoms with Crippen LogP contribution in [0.25, 0.3) is 0 Å². The zero-order chi connectivity index (χ0) is 17.7. The van der Waals surface area contributed by atoms with Gasteiger partial charge in [-0.05, 0) is 30.5 Å². The normalized spacial score (nSPS) is 19.8. The van der Waals surface area contributed by atoms with Crippen molar-refractivity contribution in [2.75, 3.05) is 31.6 Å². The van der Waals surface area contributed by atoms with E-state index >= 15 is 0 Å². The number of anilines is 1. The van der Waals surface area contributed by atoms with Crippen LogP contribution in [0.5, 0.6) is 0 Å². The van der Waals surface area contributed by atoms with Crippen molar-refractivity contribution in [3.8, 4) is 0 Å². The van der Waals surface area contributed by atoms with Crippen molar-refractivity contribution in [1.82, 2.24) is 4.31 Å². The molecule has 1 aromatic rings. The van der Waals surface area contributed by atoms with Gasteiger partial charge >= 0.3 is 0 Å². The maximum atomic E-state index is 12.7. The van der Waals surface area contributed by atoms with Crippen LogP contribution in [-0.4, -0.2) is 44.9 Å². The van der Waals surface area contributed by atoms with Crippen LogP contribution in [0.1, 0.15) is 38.5 Å². The van der Waals surface area contributed by atoms with Crippen molar-refractivity contribution in [1.29, 1.82) is 0 Å². The van der Waals surface area contributed by atoms with Gasteiger partial charge in [0.2, 0.25) is 15.9 Å². The molecular weight excluding hydrogens is 340 g/mol. The van der Waals surface area contributed by atoms with Crippen LogP contribution in [0.15, 0.2) is 29.2 Å². The number of sulfonamides is 1. The molecule has 0 bridgehead atoms. The van der Waals surface area contributed by atoms with E-state index in [4.69, 9.17) is 4.74 Å². The Kier molecular flexibility index (Phi) is 6.09. The van der Waals surface area contributed by atoms with Crippen LogP contribution in [0, 0.1) is 5.92 Å². The number of morpholine rings is 1. The van der Waals surface area contributed by atoms with Crippen molar-refractivity contribution < 1.29 is 17.9 Å². The van der Waals surface area contributed by atoms with Crippen LogP contribution < -0.4 is 5.32 Å². The molecule has 1 heterocycles. The highest BCUT2D eigenvalue weighted by molar-refractivity contribution is 7.89. The van der Waals surface area contributed by atoms with E-state index in [9.17, 15) is 13.2 Å². The molecule has 1 aliphatic carbocycles. The van der Waals surface area contributed by atoms with Crippen LogP contribution in [-0.2, 0) is 19.6 Å². The highest BCUT2D eigenvalue weighted by Gasteiger charge is 2.26. The van der Waals surface area contributed by atoms with Gasteiger partial charge in [-0.1, -0.05) is 31.7 Å². The lowest BCUT2D eigenvalue weighted by Crippen LogP contribution is -2.40. The fourth-order valence-electron chi connectivity index (χ4n) is 3.53. The third-order valence-electron chi connectivity index (χ3n) is 4.98. The molecule has 0 radical (unpaired) electrons. The van der Waals surface area contributed by atoms with Gasteiger partial charge in [-0.15, -0.1) is 0 Å². The molecule has 1 aliphatic heterocycles. The summed E-state index contributed by atoms with van der Waals surface area (Å²) in [4.78, 5) is 12.4. The number of ether oxygens (including phenoxy) is 1. The lowest BCUT2D eigenvalue weighted by molar-refractivity contribution is -0.116. The lowest BCUT2D eigenvalue weighted by atomic mass is 10.0. The average Bonchev–Trinajstić information content (AvgIpc) is 3.14. The zero-order valence-electron chi connectivity index (χ0n) is 14.4. The largest absolute Gasteiger partial charge is 0.379 e. The molecule has 1 N–H and O–H groups in total. The molecule has 6 nitrogen and oxygen atoms in total. The minimum Gasteiger partial charge on any atom is -0.379 e. The molecule has 0 spiro atoms. The van der Waals surface area contributed by atoms with E-state index in [0.717, 1.165) is 6.42 Å². The van der Waals surface area contributed by atoms with E-state index in [1.165, 1.54) is 36.1 Å². The van der Waals surface area contributed by atoms with Crippen molar-refractivity contribution in [3.63, 3.8) is 0 Å². The van der Waals surface area contributed by atoms with Gasteiger partial charge in [0.25, 0.3) is 0 Å². The molecule has 1 saturated heterocycles. The number of hydrogen-bond donors (Lipinski definition) is 1. The first-order valence-corrected chi connectivity index (χ1v) is 10.5. The molecule has 0 unspecified atom stereocenters. The number of nitrogens with one attached hydrogen (secondary N) is 1. The smallest absolute Gasteiger partial charge is 0.243 e. The van der Waals surface area contributed by atoms with Gasteiger partial charge in [-0.3, -0.25) is 4.79 Å². The van der Waals surface area contributed by atoms with Crippen LogP contribution in [0.3, 0.4) is 0 Å². The van der Waals surface area contributed by atoms with E-state index in [1.54, 1.807) is 18.2 Å². The molecule has 138 valence electrons. The van der Waals surface area contributed by atoms with E-state index in [-0.39, 0.29) is 10.8 Å². The van der Waals surface area contributed by atoms with Gasteiger partial charge in [0, 0.05) is 25.2 Å². The van der Waals surface area contributed by atoms with E-state index in [1.807, 2.05) is 0 Å². The van der Waals surface area contributed by atoms with Gasteiger partial charge in [0.05, 0.1) is 18.1 Å². The molecule has 0 atom stereocenters. The molecule has 1 saturated carbocycles. The van der Waals surface area contributed by atoms with Gasteiger partial charge < -0.3 is 10.1 Å². The standard InChI is InChI=1S/C18H26N2O4S/c21-18(9-8-15-4-1-2-5-15)19-16-6-3-7-17(14-16)25(22,23)20-10-12-24-13-11-20/h3,6-7,14-15H,1-2,4-5,8-13H2,(H,19,21). The molecule has 1 amide bonds. The third-order valence-corrected chi connectivity index (χ3v) is 6.87. The summed E-state index contributed by atoms with van der Waals surface area (Å²) in [6.07, 6.45) is 6.39. The molecule has 1 aromatic carbocycles. The number of carbonyl (C=O) groups is 1.